The highest BCUT2D eigenvalue weighted by Gasteiger charge is 2.37. The van der Waals surface area contributed by atoms with Gasteiger partial charge in [0, 0.05) is 17.1 Å². The summed E-state index contributed by atoms with van der Waals surface area (Å²) in [5.74, 6) is 0. The molecule has 0 fully saturated rings. The lowest BCUT2D eigenvalue weighted by Crippen LogP contribution is -2.19. The molecule has 0 aliphatic heterocycles. The lowest BCUT2D eigenvalue weighted by atomic mass is 10.2. The number of nitrogens with zero attached hydrogens (tertiary/aromatic N) is 2. The molecule has 0 saturated carbocycles. The molecule has 1 aromatic heterocycles. The molecule has 2 aromatic rings. The molecular weight excluding hydrogens is 291 g/mol. The molecule has 1 aromatic carbocycles. The first-order chi connectivity index (χ1) is 9.43. The van der Waals surface area contributed by atoms with Crippen molar-refractivity contribution < 1.29 is 13.2 Å². The van der Waals surface area contributed by atoms with E-state index in [1.807, 2.05) is 0 Å². The largest absolute Gasteiger partial charge is 0.433 e. The van der Waals surface area contributed by atoms with E-state index in [9.17, 15) is 13.2 Å². The molecule has 0 radical (unpaired) electrons. The average Bonchev–Trinajstić information content (AvgIpc) is 2.75. The molecule has 20 heavy (non-hydrogen) atoms. The van der Waals surface area contributed by atoms with Crippen LogP contribution in [0, 0.1) is 0 Å². The van der Waals surface area contributed by atoms with E-state index in [1.165, 1.54) is 6.20 Å². The maximum absolute atomic E-state index is 13.1. The molecule has 0 unspecified atom stereocenters. The molecule has 108 valence electrons. The first-order valence-corrected chi connectivity index (χ1v) is 6.31. The minimum atomic E-state index is -4.45. The molecule has 1 heterocycles. The molecule has 7 heteroatoms. The van der Waals surface area contributed by atoms with E-state index in [4.69, 9.17) is 11.6 Å². The van der Waals surface area contributed by atoms with Gasteiger partial charge >= 0.3 is 6.18 Å². The Labute approximate surface area is 119 Å². The molecule has 1 N–H and O–H groups in total. The van der Waals surface area contributed by atoms with Gasteiger partial charge in [0.25, 0.3) is 0 Å². The fraction of sp³-hybridized carbons (Fsp3) is 0.308. The number of rotatable bonds is 4. The van der Waals surface area contributed by atoms with Gasteiger partial charge < -0.3 is 5.32 Å². The first-order valence-electron chi connectivity index (χ1n) is 5.93. The molecule has 0 amide bonds. The van der Waals surface area contributed by atoms with E-state index in [1.54, 1.807) is 31.3 Å². The van der Waals surface area contributed by atoms with Crippen molar-refractivity contribution in [2.45, 2.75) is 19.3 Å². The van der Waals surface area contributed by atoms with E-state index >= 15 is 0 Å². The number of benzene rings is 1. The Morgan fingerprint density at radius 3 is 2.55 bits per heavy atom. The van der Waals surface area contributed by atoms with E-state index in [2.05, 4.69) is 10.4 Å². The maximum atomic E-state index is 13.1. The summed E-state index contributed by atoms with van der Waals surface area (Å²) in [6, 6.07) is 6.78. The van der Waals surface area contributed by atoms with Crippen molar-refractivity contribution >= 4 is 11.6 Å². The van der Waals surface area contributed by atoms with Gasteiger partial charge in [-0.3, -0.25) is 4.68 Å². The summed E-state index contributed by atoms with van der Waals surface area (Å²) >= 11 is 5.97. The zero-order valence-electron chi connectivity index (χ0n) is 10.7. The minimum Gasteiger partial charge on any atom is -0.316 e. The van der Waals surface area contributed by atoms with E-state index in [0.717, 1.165) is 4.68 Å². The van der Waals surface area contributed by atoms with Gasteiger partial charge in [0.2, 0.25) is 0 Å². The Morgan fingerprint density at radius 2 is 1.95 bits per heavy atom. The molecular formula is C13H13ClF3N3. The lowest BCUT2D eigenvalue weighted by molar-refractivity contribution is -0.144. The number of hydrogen-bond acceptors (Lipinski definition) is 2. The van der Waals surface area contributed by atoms with Crippen LogP contribution in [-0.2, 0) is 19.3 Å². The van der Waals surface area contributed by atoms with Gasteiger partial charge in [0.15, 0.2) is 0 Å². The molecule has 0 spiro atoms. The zero-order valence-corrected chi connectivity index (χ0v) is 11.5. The first kappa shape index (κ1) is 14.9. The average molecular weight is 304 g/mol. The Balaban J connectivity index is 2.40. The Morgan fingerprint density at radius 1 is 1.25 bits per heavy atom. The predicted octanol–water partition coefficient (Wildman–Crippen LogP) is 3.32. The maximum Gasteiger partial charge on any atom is 0.433 e. The van der Waals surface area contributed by atoms with Gasteiger partial charge in [-0.1, -0.05) is 29.8 Å². The van der Waals surface area contributed by atoms with Gasteiger partial charge in [-0.05, 0) is 18.7 Å². The molecule has 0 aliphatic rings. The van der Waals surface area contributed by atoms with Crippen molar-refractivity contribution in [1.29, 1.82) is 0 Å². The number of hydrogen-bond donors (Lipinski definition) is 1. The highest BCUT2D eigenvalue weighted by atomic mass is 35.5. The minimum absolute atomic E-state index is 0.0156. The molecule has 0 atom stereocenters. The van der Waals surface area contributed by atoms with Crippen molar-refractivity contribution in [3.05, 3.63) is 52.3 Å². The summed E-state index contributed by atoms with van der Waals surface area (Å²) < 4.78 is 40.4. The summed E-state index contributed by atoms with van der Waals surface area (Å²) in [4.78, 5) is 0. The van der Waals surface area contributed by atoms with Gasteiger partial charge in [0.05, 0.1) is 12.7 Å². The van der Waals surface area contributed by atoms with Gasteiger partial charge in [-0.2, -0.15) is 18.3 Å². The van der Waals surface area contributed by atoms with Gasteiger partial charge in [-0.25, -0.2) is 0 Å². The third-order valence-corrected chi connectivity index (χ3v) is 3.20. The summed E-state index contributed by atoms with van der Waals surface area (Å²) in [6.45, 7) is 0.0929. The topological polar surface area (TPSA) is 29.9 Å². The van der Waals surface area contributed by atoms with Crippen LogP contribution in [0.4, 0.5) is 13.2 Å². The quantitative estimate of drug-likeness (QED) is 0.939. The van der Waals surface area contributed by atoms with Crippen molar-refractivity contribution in [2.75, 3.05) is 7.05 Å². The van der Waals surface area contributed by atoms with E-state index < -0.39 is 11.9 Å². The lowest BCUT2D eigenvalue weighted by Gasteiger charge is -2.13. The van der Waals surface area contributed by atoms with E-state index in [-0.39, 0.29) is 18.7 Å². The normalized spacial score (nSPS) is 11.8. The second kappa shape index (κ2) is 5.85. The molecule has 0 bridgehead atoms. The van der Waals surface area contributed by atoms with Crippen LogP contribution in [0.5, 0.6) is 0 Å². The fourth-order valence-corrected chi connectivity index (χ4v) is 2.18. The van der Waals surface area contributed by atoms with Crippen LogP contribution in [0.1, 0.15) is 16.8 Å². The number of nitrogens with one attached hydrogen (secondary N) is 1. The molecule has 0 saturated heterocycles. The van der Waals surface area contributed by atoms with Gasteiger partial charge in [-0.15, -0.1) is 0 Å². The van der Waals surface area contributed by atoms with Crippen LogP contribution in [-0.4, -0.2) is 16.8 Å². The van der Waals surface area contributed by atoms with Crippen molar-refractivity contribution in [3.8, 4) is 0 Å². The van der Waals surface area contributed by atoms with Crippen LogP contribution in [0.3, 0.4) is 0 Å². The van der Waals surface area contributed by atoms with Crippen molar-refractivity contribution in [3.63, 3.8) is 0 Å². The van der Waals surface area contributed by atoms with Crippen LogP contribution >= 0.6 is 11.6 Å². The van der Waals surface area contributed by atoms with Crippen LogP contribution in [0.15, 0.2) is 30.5 Å². The standard InChI is InChI=1S/C13H13ClF3N3/c1-18-6-10-7-19-20(12(10)13(15,16)17)8-9-4-2-3-5-11(9)14/h2-5,7,18H,6,8H2,1H3. The third kappa shape index (κ3) is 3.13. The number of halogens is 4. The summed E-state index contributed by atoms with van der Waals surface area (Å²) in [5.41, 5.74) is -0.0300. The molecule has 3 nitrogen and oxygen atoms in total. The Kier molecular flexibility index (Phi) is 4.35. The molecule has 2 rings (SSSR count). The Bertz CT molecular complexity index is 593. The van der Waals surface area contributed by atoms with Crippen molar-refractivity contribution in [1.82, 2.24) is 15.1 Å². The fourth-order valence-electron chi connectivity index (χ4n) is 1.98. The number of alkyl halides is 3. The summed E-state index contributed by atoms with van der Waals surface area (Å²) in [5, 5.41) is 6.96. The van der Waals surface area contributed by atoms with Crippen LogP contribution < -0.4 is 5.32 Å². The van der Waals surface area contributed by atoms with E-state index in [0.29, 0.717) is 10.6 Å². The van der Waals surface area contributed by atoms with Crippen LogP contribution in [0.25, 0.3) is 0 Å². The monoisotopic (exact) mass is 303 g/mol. The highest BCUT2D eigenvalue weighted by molar-refractivity contribution is 6.31. The summed E-state index contributed by atoms with van der Waals surface area (Å²) in [7, 11) is 1.59. The second-order valence-corrected chi connectivity index (χ2v) is 4.70. The van der Waals surface area contributed by atoms with Gasteiger partial charge in [0.1, 0.15) is 5.69 Å². The smallest absolute Gasteiger partial charge is 0.316 e. The SMILES string of the molecule is CNCc1cnn(Cc2ccccc2Cl)c1C(F)(F)F. The predicted molar refractivity (Wildman–Crippen MR) is 70.5 cm³/mol. The second-order valence-electron chi connectivity index (χ2n) is 4.30. The van der Waals surface area contributed by atoms with Crippen molar-refractivity contribution in [2.24, 2.45) is 0 Å². The zero-order chi connectivity index (χ0) is 14.8. The Hall–Kier alpha value is -1.53. The molecule has 0 aliphatic carbocycles. The van der Waals surface area contributed by atoms with Crippen LogP contribution in [0.2, 0.25) is 5.02 Å². The number of aromatic nitrogens is 2. The third-order valence-electron chi connectivity index (χ3n) is 2.83. The summed E-state index contributed by atoms with van der Waals surface area (Å²) in [6.07, 6.45) is -3.22. The highest BCUT2D eigenvalue weighted by Crippen LogP contribution is 2.32.